The summed E-state index contributed by atoms with van der Waals surface area (Å²) >= 11 is 6.02. The summed E-state index contributed by atoms with van der Waals surface area (Å²) in [5.74, 6) is -0.375. The average Bonchev–Trinajstić information content (AvgIpc) is 3.04. The fourth-order valence-electron chi connectivity index (χ4n) is 2.80. The van der Waals surface area contributed by atoms with E-state index in [2.05, 4.69) is 20.3 Å². The number of nitrogens with zero attached hydrogens (tertiary/aromatic N) is 2. The van der Waals surface area contributed by atoms with E-state index in [1.807, 2.05) is 30.3 Å². The number of fused-ring (bicyclic) bond motifs is 3. The Morgan fingerprint density at radius 3 is 2.92 bits per heavy atom. The lowest BCUT2D eigenvalue weighted by molar-refractivity contribution is 0.0691. The Morgan fingerprint density at radius 2 is 2.12 bits per heavy atom. The van der Waals surface area contributed by atoms with Gasteiger partial charge in [0.2, 0.25) is 0 Å². The number of carbonyl (C=O) groups is 1. The minimum absolute atomic E-state index is 0.104. The number of aromatic carboxylic acids is 1. The van der Waals surface area contributed by atoms with Gasteiger partial charge in [0.15, 0.2) is 0 Å². The molecule has 124 valence electrons. The van der Waals surface area contributed by atoms with Gasteiger partial charge >= 0.3 is 5.97 Å². The van der Waals surface area contributed by atoms with Crippen molar-refractivity contribution in [2.45, 2.75) is 6.54 Å². The molecule has 0 saturated heterocycles. The van der Waals surface area contributed by atoms with Crippen molar-refractivity contribution in [1.29, 1.82) is 0 Å². The molecular formula is C18H13ClN4O2. The van der Waals surface area contributed by atoms with Gasteiger partial charge in [-0.25, -0.2) is 9.78 Å². The first-order valence-corrected chi connectivity index (χ1v) is 7.97. The van der Waals surface area contributed by atoms with Crippen LogP contribution in [-0.2, 0) is 6.54 Å². The van der Waals surface area contributed by atoms with Crippen LogP contribution in [0, 0.1) is 0 Å². The molecule has 0 amide bonds. The molecule has 4 rings (SSSR count). The molecule has 3 N–H and O–H groups in total. The fourth-order valence-corrected chi connectivity index (χ4v) is 3.01. The Kier molecular flexibility index (Phi) is 3.74. The van der Waals surface area contributed by atoms with Crippen LogP contribution >= 0.6 is 11.6 Å². The van der Waals surface area contributed by atoms with Crippen LogP contribution in [0.25, 0.3) is 21.8 Å². The molecule has 0 aliphatic carbocycles. The van der Waals surface area contributed by atoms with Crippen LogP contribution in [0.4, 0.5) is 5.82 Å². The van der Waals surface area contributed by atoms with E-state index in [0.717, 1.165) is 16.3 Å². The number of carboxylic acids is 1. The number of benzene rings is 1. The number of hydrogen-bond donors (Lipinski definition) is 3. The maximum atomic E-state index is 11.2. The quantitative estimate of drug-likeness (QED) is 0.515. The predicted octanol–water partition coefficient (Wildman–Crippen LogP) is 4.07. The maximum Gasteiger partial charge on any atom is 0.352 e. The Labute approximate surface area is 147 Å². The average molecular weight is 353 g/mol. The number of halogens is 1. The third kappa shape index (κ3) is 2.88. The highest BCUT2D eigenvalue weighted by Gasteiger charge is 2.14. The van der Waals surface area contributed by atoms with E-state index >= 15 is 0 Å². The Balaban J connectivity index is 1.80. The van der Waals surface area contributed by atoms with Gasteiger partial charge in [-0.3, -0.25) is 4.98 Å². The standard InChI is InChI=1S/C18H13ClN4O2/c19-11-3-1-2-10(6-11)8-21-17-13-9-20-5-4-12(13)16-14(23-17)7-15(22-16)18(24)25/h1-7,9,22H,8H2,(H,21,23)(H,24,25). The van der Waals surface area contributed by atoms with Gasteiger partial charge in [-0.05, 0) is 29.8 Å². The molecule has 0 radical (unpaired) electrons. The Bertz CT molecular complexity index is 1110. The van der Waals surface area contributed by atoms with Crippen LogP contribution in [0.3, 0.4) is 0 Å². The van der Waals surface area contributed by atoms with Crippen molar-refractivity contribution in [2.75, 3.05) is 5.32 Å². The molecule has 25 heavy (non-hydrogen) atoms. The number of aromatic nitrogens is 3. The number of nitrogens with one attached hydrogen (secondary N) is 2. The lowest BCUT2D eigenvalue weighted by Gasteiger charge is -2.10. The van der Waals surface area contributed by atoms with Gasteiger partial charge < -0.3 is 15.4 Å². The number of hydrogen-bond acceptors (Lipinski definition) is 4. The highest BCUT2D eigenvalue weighted by atomic mass is 35.5. The number of pyridine rings is 2. The van der Waals surface area contributed by atoms with Crippen molar-refractivity contribution < 1.29 is 9.90 Å². The van der Waals surface area contributed by atoms with Crippen molar-refractivity contribution in [1.82, 2.24) is 15.0 Å². The molecular weight excluding hydrogens is 340 g/mol. The second-order valence-corrected chi connectivity index (χ2v) is 6.05. The molecule has 0 saturated carbocycles. The van der Waals surface area contributed by atoms with Gasteiger partial charge in [-0.2, -0.15) is 0 Å². The first-order valence-electron chi connectivity index (χ1n) is 7.60. The third-order valence-electron chi connectivity index (χ3n) is 3.95. The molecule has 0 unspecified atom stereocenters. The van der Waals surface area contributed by atoms with E-state index in [-0.39, 0.29) is 5.69 Å². The summed E-state index contributed by atoms with van der Waals surface area (Å²) in [7, 11) is 0. The van der Waals surface area contributed by atoms with Crippen molar-refractivity contribution in [2.24, 2.45) is 0 Å². The lowest BCUT2D eigenvalue weighted by atomic mass is 10.1. The molecule has 0 aliphatic rings. The van der Waals surface area contributed by atoms with Crippen LogP contribution in [0.5, 0.6) is 0 Å². The number of aromatic amines is 1. The van der Waals surface area contributed by atoms with Gasteiger partial charge in [0.05, 0.1) is 11.0 Å². The van der Waals surface area contributed by atoms with E-state index in [9.17, 15) is 9.90 Å². The molecule has 3 heterocycles. The van der Waals surface area contributed by atoms with E-state index in [1.165, 1.54) is 6.07 Å². The van der Waals surface area contributed by atoms with Crippen LogP contribution in [0.1, 0.15) is 16.1 Å². The summed E-state index contributed by atoms with van der Waals surface area (Å²) in [6.45, 7) is 0.541. The van der Waals surface area contributed by atoms with E-state index in [0.29, 0.717) is 28.4 Å². The van der Waals surface area contributed by atoms with Crippen LogP contribution in [0.15, 0.2) is 48.8 Å². The SMILES string of the molecule is O=C(O)c1cc2nc(NCc3cccc(Cl)c3)c3cnccc3c2[nH]1. The lowest BCUT2D eigenvalue weighted by Crippen LogP contribution is -2.02. The molecule has 7 heteroatoms. The molecule has 1 aromatic carbocycles. The first-order chi connectivity index (χ1) is 12.1. The number of anilines is 1. The summed E-state index contributed by atoms with van der Waals surface area (Å²) in [4.78, 5) is 22.9. The van der Waals surface area contributed by atoms with Gasteiger partial charge in [-0.1, -0.05) is 23.7 Å². The summed E-state index contributed by atoms with van der Waals surface area (Å²) in [5.41, 5.74) is 2.40. The zero-order chi connectivity index (χ0) is 17.4. The number of H-pyrrole nitrogens is 1. The van der Waals surface area contributed by atoms with Gasteiger partial charge in [0, 0.05) is 34.7 Å². The first kappa shape index (κ1) is 15.4. The van der Waals surface area contributed by atoms with Crippen LogP contribution in [-0.4, -0.2) is 26.0 Å². The molecule has 0 atom stereocenters. The van der Waals surface area contributed by atoms with Gasteiger partial charge in [0.25, 0.3) is 0 Å². The minimum atomic E-state index is -1.02. The Hall–Kier alpha value is -3.12. The summed E-state index contributed by atoms with van der Waals surface area (Å²) < 4.78 is 0. The van der Waals surface area contributed by atoms with Crippen LogP contribution < -0.4 is 5.32 Å². The third-order valence-corrected chi connectivity index (χ3v) is 4.19. The normalized spacial score (nSPS) is 11.1. The predicted molar refractivity (Wildman–Crippen MR) is 97.1 cm³/mol. The molecule has 0 spiro atoms. The highest BCUT2D eigenvalue weighted by molar-refractivity contribution is 6.30. The topological polar surface area (TPSA) is 90.9 Å². The van der Waals surface area contributed by atoms with Gasteiger partial charge in [-0.15, -0.1) is 0 Å². The second-order valence-electron chi connectivity index (χ2n) is 5.61. The second kappa shape index (κ2) is 6.07. The molecule has 0 fully saturated rings. The summed E-state index contributed by atoms with van der Waals surface area (Å²) in [6.07, 6.45) is 3.38. The van der Waals surface area contributed by atoms with E-state index in [4.69, 9.17) is 11.6 Å². The molecule has 4 aromatic rings. The zero-order valence-electron chi connectivity index (χ0n) is 13.0. The van der Waals surface area contributed by atoms with Crippen molar-refractivity contribution in [3.8, 4) is 0 Å². The molecule has 6 nitrogen and oxygen atoms in total. The molecule has 0 aliphatic heterocycles. The number of carboxylic acid groups (broad SMARTS) is 1. The monoisotopic (exact) mass is 352 g/mol. The van der Waals surface area contributed by atoms with E-state index in [1.54, 1.807) is 12.4 Å². The van der Waals surface area contributed by atoms with Crippen molar-refractivity contribution in [3.63, 3.8) is 0 Å². The molecule has 0 bridgehead atoms. The maximum absolute atomic E-state index is 11.2. The highest BCUT2D eigenvalue weighted by Crippen LogP contribution is 2.29. The minimum Gasteiger partial charge on any atom is -0.477 e. The summed E-state index contributed by atoms with van der Waals surface area (Å²) in [6, 6.07) is 10.9. The molecule has 3 aromatic heterocycles. The fraction of sp³-hybridized carbons (Fsp3) is 0.0556. The number of rotatable bonds is 4. The Morgan fingerprint density at radius 1 is 1.24 bits per heavy atom. The van der Waals surface area contributed by atoms with Crippen LogP contribution in [0.2, 0.25) is 5.02 Å². The zero-order valence-corrected chi connectivity index (χ0v) is 13.7. The smallest absolute Gasteiger partial charge is 0.352 e. The van der Waals surface area contributed by atoms with Crippen molar-refractivity contribution >= 4 is 45.2 Å². The van der Waals surface area contributed by atoms with Gasteiger partial charge in [0.1, 0.15) is 11.5 Å². The largest absolute Gasteiger partial charge is 0.477 e. The van der Waals surface area contributed by atoms with Crippen molar-refractivity contribution in [3.05, 3.63) is 65.1 Å². The summed E-state index contributed by atoms with van der Waals surface area (Å²) in [5, 5.41) is 14.8. The van der Waals surface area contributed by atoms with E-state index < -0.39 is 5.97 Å².